The van der Waals surface area contributed by atoms with Gasteiger partial charge in [-0.25, -0.2) is 4.79 Å². The predicted molar refractivity (Wildman–Crippen MR) is 55.9 cm³/mol. The van der Waals surface area contributed by atoms with Crippen LogP contribution in [0.1, 0.15) is 33.1 Å². The number of hydrogen-bond acceptors (Lipinski definition) is 3. The highest BCUT2D eigenvalue weighted by Gasteiger charge is 2.20. The highest BCUT2D eigenvalue weighted by atomic mass is 16.4. The van der Waals surface area contributed by atoms with Crippen LogP contribution in [0.15, 0.2) is 0 Å². The summed E-state index contributed by atoms with van der Waals surface area (Å²) in [6, 6.07) is -0.943. The number of rotatable bonds is 7. The van der Waals surface area contributed by atoms with E-state index in [1.807, 2.05) is 13.8 Å². The van der Waals surface area contributed by atoms with Crippen molar-refractivity contribution in [3.05, 3.63) is 0 Å². The van der Waals surface area contributed by atoms with Crippen LogP contribution in [0.25, 0.3) is 0 Å². The number of carboxylic acids is 2. The molecular formula is C10H17NO5. The van der Waals surface area contributed by atoms with Gasteiger partial charge in [0.25, 0.3) is 0 Å². The molecule has 6 nitrogen and oxygen atoms in total. The first-order valence-corrected chi connectivity index (χ1v) is 5.07. The number of nitrogens with one attached hydrogen (secondary N) is 1. The second-order valence-corrected chi connectivity index (χ2v) is 3.98. The van der Waals surface area contributed by atoms with Gasteiger partial charge in [0.2, 0.25) is 5.91 Å². The van der Waals surface area contributed by atoms with Crippen molar-refractivity contribution in [2.45, 2.75) is 39.2 Å². The van der Waals surface area contributed by atoms with Crippen molar-refractivity contribution in [2.24, 2.45) is 5.92 Å². The van der Waals surface area contributed by atoms with Gasteiger partial charge < -0.3 is 15.5 Å². The van der Waals surface area contributed by atoms with Gasteiger partial charge >= 0.3 is 11.9 Å². The topological polar surface area (TPSA) is 104 Å². The van der Waals surface area contributed by atoms with Gasteiger partial charge in [-0.15, -0.1) is 0 Å². The van der Waals surface area contributed by atoms with Crippen molar-refractivity contribution < 1.29 is 24.6 Å². The third kappa shape index (κ3) is 6.80. The van der Waals surface area contributed by atoms with Crippen LogP contribution in [0, 0.1) is 5.92 Å². The summed E-state index contributed by atoms with van der Waals surface area (Å²) in [4.78, 5) is 32.2. The molecule has 0 spiro atoms. The highest BCUT2D eigenvalue weighted by molar-refractivity contribution is 5.85. The monoisotopic (exact) mass is 231 g/mol. The maximum atomic E-state index is 11.2. The maximum absolute atomic E-state index is 11.2. The third-order valence-electron chi connectivity index (χ3n) is 1.91. The summed E-state index contributed by atoms with van der Waals surface area (Å²) in [7, 11) is 0. The Labute approximate surface area is 93.6 Å². The van der Waals surface area contributed by atoms with Crippen LogP contribution in [0.3, 0.4) is 0 Å². The Morgan fingerprint density at radius 2 is 1.69 bits per heavy atom. The molecule has 0 saturated heterocycles. The second kappa shape index (κ2) is 6.81. The first kappa shape index (κ1) is 14.4. The van der Waals surface area contributed by atoms with Crippen LogP contribution >= 0.6 is 0 Å². The fourth-order valence-electron chi connectivity index (χ4n) is 1.18. The fraction of sp³-hybridized carbons (Fsp3) is 0.700. The van der Waals surface area contributed by atoms with E-state index in [0.29, 0.717) is 6.42 Å². The molecule has 0 aliphatic carbocycles. The first-order chi connectivity index (χ1) is 7.32. The van der Waals surface area contributed by atoms with Crippen LogP contribution in [0.4, 0.5) is 0 Å². The molecule has 0 rings (SSSR count). The Morgan fingerprint density at radius 3 is 2.06 bits per heavy atom. The average molecular weight is 231 g/mol. The highest BCUT2D eigenvalue weighted by Crippen LogP contribution is 2.05. The van der Waals surface area contributed by atoms with E-state index in [1.54, 1.807) is 0 Å². The summed E-state index contributed by atoms with van der Waals surface area (Å²) in [5, 5.41) is 19.5. The number of aliphatic carboxylic acids is 2. The summed E-state index contributed by atoms with van der Waals surface area (Å²) >= 11 is 0. The van der Waals surface area contributed by atoms with E-state index in [0.717, 1.165) is 0 Å². The molecule has 92 valence electrons. The zero-order valence-corrected chi connectivity index (χ0v) is 9.40. The first-order valence-electron chi connectivity index (χ1n) is 5.07. The van der Waals surface area contributed by atoms with Gasteiger partial charge in [-0.3, -0.25) is 9.59 Å². The molecule has 0 radical (unpaired) electrons. The zero-order chi connectivity index (χ0) is 12.7. The molecule has 0 aliphatic heterocycles. The van der Waals surface area contributed by atoms with Crippen molar-refractivity contribution in [1.82, 2.24) is 5.32 Å². The molecule has 0 heterocycles. The van der Waals surface area contributed by atoms with E-state index in [9.17, 15) is 14.4 Å². The smallest absolute Gasteiger partial charge is 0.326 e. The summed E-state index contributed by atoms with van der Waals surface area (Å²) < 4.78 is 0. The Morgan fingerprint density at radius 1 is 1.12 bits per heavy atom. The van der Waals surface area contributed by atoms with Crippen molar-refractivity contribution in [3.8, 4) is 0 Å². The normalized spacial score (nSPS) is 12.2. The molecule has 6 heteroatoms. The lowest BCUT2D eigenvalue weighted by Gasteiger charge is -2.16. The van der Waals surface area contributed by atoms with Crippen LogP contribution in [0.5, 0.6) is 0 Å². The molecule has 0 aliphatic rings. The number of hydrogen-bond donors (Lipinski definition) is 3. The summed E-state index contributed by atoms with van der Waals surface area (Å²) in [5.41, 5.74) is 0. The minimum atomic E-state index is -1.10. The SMILES string of the molecule is CC(C)C[C@H](NC(=O)CCC(=O)O)C(=O)O. The number of carbonyl (C=O) groups excluding carboxylic acids is 1. The fourth-order valence-corrected chi connectivity index (χ4v) is 1.18. The van der Waals surface area contributed by atoms with Crippen LogP contribution in [-0.4, -0.2) is 34.1 Å². The van der Waals surface area contributed by atoms with Crippen molar-refractivity contribution >= 4 is 17.8 Å². The van der Waals surface area contributed by atoms with Gasteiger partial charge in [-0.1, -0.05) is 13.8 Å². The Balaban J connectivity index is 4.13. The molecule has 0 aromatic rings. The van der Waals surface area contributed by atoms with E-state index >= 15 is 0 Å². The van der Waals surface area contributed by atoms with Crippen molar-refractivity contribution in [1.29, 1.82) is 0 Å². The molecule has 1 atom stereocenters. The van der Waals surface area contributed by atoms with Gasteiger partial charge in [0.05, 0.1) is 6.42 Å². The van der Waals surface area contributed by atoms with E-state index < -0.39 is 23.9 Å². The molecule has 3 N–H and O–H groups in total. The van der Waals surface area contributed by atoms with Crippen LogP contribution in [0.2, 0.25) is 0 Å². The second-order valence-electron chi connectivity index (χ2n) is 3.98. The lowest BCUT2D eigenvalue weighted by molar-refractivity contribution is -0.142. The summed E-state index contributed by atoms with van der Waals surface area (Å²) in [6.45, 7) is 3.69. The molecule has 0 saturated carbocycles. The maximum Gasteiger partial charge on any atom is 0.326 e. The predicted octanol–water partition coefficient (Wildman–Crippen LogP) is 0.467. The molecule has 0 bridgehead atoms. The van der Waals surface area contributed by atoms with Gasteiger partial charge in [-0.05, 0) is 12.3 Å². The largest absolute Gasteiger partial charge is 0.481 e. The minimum absolute atomic E-state index is 0.140. The van der Waals surface area contributed by atoms with Gasteiger partial charge in [-0.2, -0.15) is 0 Å². The van der Waals surface area contributed by atoms with Gasteiger partial charge in [0.1, 0.15) is 6.04 Å². The van der Waals surface area contributed by atoms with E-state index in [2.05, 4.69) is 5.32 Å². The molecule has 1 amide bonds. The molecule has 0 aromatic heterocycles. The van der Waals surface area contributed by atoms with Crippen molar-refractivity contribution in [3.63, 3.8) is 0 Å². The standard InChI is InChI=1S/C10H17NO5/c1-6(2)5-7(10(15)16)11-8(12)3-4-9(13)14/h6-7H,3-5H2,1-2H3,(H,11,12)(H,13,14)(H,15,16)/t7-/m0/s1. The Bertz CT molecular complexity index is 274. The molecular weight excluding hydrogens is 214 g/mol. The minimum Gasteiger partial charge on any atom is -0.481 e. The van der Waals surface area contributed by atoms with E-state index in [-0.39, 0.29) is 18.8 Å². The average Bonchev–Trinajstić information content (AvgIpc) is 2.12. The molecule has 0 aromatic carbocycles. The van der Waals surface area contributed by atoms with Gasteiger partial charge in [0.15, 0.2) is 0 Å². The van der Waals surface area contributed by atoms with Gasteiger partial charge in [0, 0.05) is 6.42 Å². The van der Waals surface area contributed by atoms with Crippen LogP contribution in [-0.2, 0) is 14.4 Å². The summed E-state index contributed by atoms with van der Waals surface area (Å²) in [5.74, 6) is -2.58. The molecule has 0 unspecified atom stereocenters. The Kier molecular flexibility index (Phi) is 6.14. The molecule has 0 fully saturated rings. The number of carboxylic acid groups (broad SMARTS) is 2. The van der Waals surface area contributed by atoms with E-state index in [1.165, 1.54) is 0 Å². The zero-order valence-electron chi connectivity index (χ0n) is 9.40. The summed E-state index contributed by atoms with van der Waals surface area (Å²) in [6.07, 6.45) is -0.162. The number of carbonyl (C=O) groups is 3. The Hall–Kier alpha value is -1.59. The number of amides is 1. The van der Waals surface area contributed by atoms with E-state index in [4.69, 9.17) is 10.2 Å². The lowest BCUT2D eigenvalue weighted by Crippen LogP contribution is -2.41. The third-order valence-corrected chi connectivity index (χ3v) is 1.91. The van der Waals surface area contributed by atoms with Crippen molar-refractivity contribution in [2.75, 3.05) is 0 Å². The quantitative estimate of drug-likeness (QED) is 0.590. The lowest BCUT2D eigenvalue weighted by atomic mass is 10.0. The molecule has 16 heavy (non-hydrogen) atoms. The van der Waals surface area contributed by atoms with Crippen LogP contribution < -0.4 is 5.32 Å².